The van der Waals surface area contributed by atoms with Gasteiger partial charge in [0.2, 0.25) is 0 Å². The monoisotopic (exact) mass is 417 g/mol. The number of rotatable bonds is 3. The van der Waals surface area contributed by atoms with Crippen LogP contribution >= 0.6 is 11.6 Å². The molecule has 0 aliphatic carbocycles. The quantitative estimate of drug-likeness (QED) is 0.468. The van der Waals surface area contributed by atoms with Crippen molar-refractivity contribution in [1.82, 2.24) is 24.7 Å². The Labute approximate surface area is 175 Å². The van der Waals surface area contributed by atoms with Crippen molar-refractivity contribution in [3.8, 4) is 11.3 Å². The molecule has 0 saturated carbocycles. The lowest BCUT2D eigenvalue weighted by Crippen LogP contribution is -2.35. The van der Waals surface area contributed by atoms with E-state index in [1.54, 1.807) is 36.5 Å². The predicted octanol–water partition coefficient (Wildman–Crippen LogP) is 3.64. The van der Waals surface area contributed by atoms with E-state index in [1.165, 1.54) is 4.57 Å². The van der Waals surface area contributed by atoms with E-state index in [2.05, 4.69) is 20.2 Å². The van der Waals surface area contributed by atoms with Crippen LogP contribution in [0.15, 0.2) is 64.3 Å². The van der Waals surface area contributed by atoms with Gasteiger partial charge in [-0.25, -0.2) is 4.79 Å². The molecular formula is C22H16ClN5O2. The smallest absolute Gasteiger partial charge is 0.307 e. The highest BCUT2D eigenvalue weighted by Gasteiger charge is 2.14. The maximum atomic E-state index is 13.2. The molecule has 0 aliphatic heterocycles. The lowest BCUT2D eigenvalue weighted by atomic mass is 10.1. The summed E-state index contributed by atoms with van der Waals surface area (Å²) in [4.78, 5) is 32.8. The molecule has 8 heteroatoms. The van der Waals surface area contributed by atoms with Crippen molar-refractivity contribution in [1.29, 1.82) is 0 Å². The van der Waals surface area contributed by atoms with Crippen molar-refractivity contribution < 1.29 is 0 Å². The Kier molecular flexibility index (Phi) is 4.25. The van der Waals surface area contributed by atoms with Crippen molar-refractivity contribution in [2.75, 3.05) is 0 Å². The van der Waals surface area contributed by atoms with Gasteiger partial charge in [0.05, 0.1) is 23.0 Å². The van der Waals surface area contributed by atoms with Crippen molar-refractivity contribution in [2.24, 2.45) is 0 Å². The minimum Gasteiger partial charge on any atom is -0.307 e. The van der Waals surface area contributed by atoms with E-state index in [0.29, 0.717) is 15.9 Å². The number of nitrogens with zero attached hydrogens (tertiary/aromatic N) is 3. The number of hydrogen-bond acceptors (Lipinski definition) is 4. The largest absolute Gasteiger partial charge is 0.329 e. The zero-order chi connectivity index (χ0) is 20.8. The molecule has 0 saturated heterocycles. The Balaban J connectivity index is 1.71. The summed E-state index contributed by atoms with van der Waals surface area (Å²) < 4.78 is 1.18. The first-order chi connectivity index (χ1) is 14.5. The van der Waals surface area contributed by atoms with Gasteiger partial charge in [-0.2, -0.15) is 5.10 Å². The minimum absolute atomic E-state index is 0.129. The number of pyridine rings is 1. The van der Waals surface area contributed by atoms with Gasteiger partial charge in [-0.1, -0.05) is 23.7 Å². The third-order valence-corrected chi connectivity index (χ3v) is 5.30. The number of fused-ring (bicyclic) bond motifs is 2. The summed E-state index contributed by atoms with van der Waals surface area (Å²) in [5.74, 6) is 0. The zero-order valence-corrected chi connectivity index (χ0v) is 16.7. The van der Waals surface area contributed by atoms with E-state index in [9.17, 15) is 9.59 Å². The minimum atomic E-state index is -0.476. The number of halogens is 1. The van der Waals surface area contributed by atoms with Crippen molar-refractivity contribution in [3.63, 3.8) is 0 Å². The summed E-state index contributed by atoms with van der Waals surface area (Å²) in [6.45, 7) is 2.04. The number of aromatic nitrogens is 5. The van der Waals surface area contributed by atoms with Crippen LogP contribution in [0.3, 0.4) is 0 Å². The maximum Gasteiger partial charge on any atom is 0.329 e. The fourth-order valence-electron chi connectivity index (χ4n) is 3.64. The van der Waals surface area contributed by atoms with Crippen LogP contribution in [-0.2, 0) is 6.54 Å². The van der Waals surface area contributed by atoms with Crippen LogP contribution in [0.25, 0.3) is 33.1 Å². The van der Waals surface area contributed by atoms with E-state index < -0.39 is 5.69 Å². The van der Waals surface area contributed by atoms with Gasteiger partial charge in [0.1, 0.15) is 5.69 Å². The van der Waals surface area contributed by atoms with Crippen LogP contribution < -0.4 is 11.2 Å². The summed E-state index contributed by atoms with van der Waals surface area (Å²) in [5.41, 5.74) is 3.62. The molecule has 2 aromatic carbocycles. The molecule has 0 unspecified atom stereocenters. The second-order valence-corrected chi connectivity index (χ2v) is 7.59. The fraction of sp³-hybridized carbons (Fsp3) is 0.0909. The third kappa shape index (κ3) is 3.09. The van der Waals surface area contributed by atoms with Crippen molar-refractivity contribution in [2.45, 2.75) is 13.5 Å². The summed E-state index contributed by atoms with van der Waals surface area (Å²) in [7, 11) is 0. The number of hydrogen-bond donors (Lipinski definition) is 2. The van der Waals surface area contributed by atoms with Gasteiger partial charge >= 0.3 is 5.69 Å². The molecule has 0 fully saturated rings. The lowest BCUT2D eigenvalue weighted by Gasteiger charge is -2.07. The van der Waals surface area contributed by atoms with Crippen LogP contribution in [0, 0.1) is 6.92 Å². The fourth-order valence-corrected chi connectivity index (χ4v) is 3.85. The number of aromatic amines is 2. The van der Waals surface area contributed by atoms with Gasteiger partial charge in [0, 0.05) is 27.9 Å². The number of aryl methyl sites for hydroxylation is 1. The summed E-state index contributed by atoms with van der Waals surface area (Å²) in [6.07, 6.45) is 1.72. The van der Waals surface area contributed by atoms with Crippen LogP contribution in [0.2, 0.25) is 5.02 Å². The van der Waals surface area contributed by atoms with Gasteiger partial charge in [-0.3, -0.25) is 19.4 Å². The molecule has 0 aliphatic rings. The van der Waals surface area contributed by atoms with Gasteiger partial charge in [0.15, 0.2) is 0 Å². The molecular weight excluding hydrogens is 402 g/mol. The number of benzene rings is 2. The summed E-state index contributed by atoms with van der Waals surface area (Å²) >= 11 is 6.04. The lowest BCUT2D eigenvalue weighted by molar-refractivity contribution is 0.712. The summed E-state index contributed by atoms with van der Waals surface area (Å²) in [6, 6.07) is 14.4. The molecule has 3 heterocycles. The molecule has 0 amide bonds. The molecule has 0 spiro atoms. The van der Waals surface area contributed by atoms with Crippen LogP contribution in [-0.4, -0.2) is 24.7 Å². The molecule has 2 N–H and O–H groups in total. The van der Waals surface area contributed by atoms with Gasteiger partial charge in [-0.15, -0.1) is 0 Å². The second-order valence-electron chi connectivity index (χ2n) is 7.15. The molecule has 0 radical (unpaired) electrons. The average Bonchev–Trinajstić information content (AvgIpc) is 3.13. The van der Waals surface area contributed by atoms with Gasteiger partial charge in [0.25, 0.3) is 5.56 Å². The third-order valence-electron chi connectivity index (χ3n) is 5.06. The first kappa shape index (κ1) is 18.3. The Bertz CT molecular complexity index is 1550. The van der Waals surface area contributed by atoms with Gasteiger partial charge in [-0.05, 0) is 48.9 Å². The highest BCUT2D eigenvalue weighted by molar-refractivity contribution is 6.30. The standard InChI is InChI=1S/C22H16ClN5O2/c1-12-7-14(5-6-24-12)20-16-9-17-18(10-19(16)26-27-20)25-22(30)28(21(17)29)11-13-3-2-4-15(23)8-13/h2-10H,11H2,1H3,(H,25,30)(H,26,27). The molecule has 30 heavy (non-hydrogen) atoms. The highest BCUT2D eigenvalue weighted by Crippen LogP contribution is 2.28. The number of H-pyrrole nitrogens is 2. The predicted molar refractivity (Wildman–Crippen MR) is 117 cm³/mol. The zero-order valence-electron chi connectivity index (χ0n) is 15.9. The van der Waals surface area contributed by atoms with Crippen LogP contribution in [0.5, 0.6) is 0 Å². The van der Waals surface area contributed by atoms with E-state index in [0.717, 1.165) is 33.4 Å². The highest BCUT2D eigenvalue weighted by atomic mass is 35.5. The van der Waals surface area contributed by atoms with Crippen molar-refractivity contribution >= 4 is 33.4 Å². The van der Waals surface area contributed by atoms with E-state index in [1.807, 2.05) is 25.1 Å². The second kappa shape index (κ2) is 6.96. The van der Waals surface area contributed by atoms with Gasteiger partial charge < -0.3 is 4.98 Å². The SMILES string of the molecule is Cc1cc(-c2n[nH]c3cc4[nH]c(=O)n(Cc5cccc(Cl)c5)c(=O)c4cc23)ccn1. The topological polar surface area (TPSA) is 96.4 Å². The van der Waals surface area contributed by atoms with E-state index in [-0.39, 0.29) is 12.1 Å². The molecule has 3 aromatic heterocycles. The first-order valence-electron chi connectivity index (χ1n) is 9.32. The molecule has 5 rings (SSSR count). The average molecular weight is 418 g/mol. The Morgan fingerprint density at radius 3 is 2.70 bits per heavy atom. The summed E-state index contributed by atoms with van der Waals surface area (Å²) in [5, 5.41) is 9.16. The molecule has 0 atom stereocenters. The molecule has 0 bridgehead atoms. The Morgan fingerprint density at radius 2 is 1.90 bits per heavy atom. The Morgan fingerprint density at radius 1 is 1.03 bits per heavy atom. The number of nitrogens with one attached hydrogen (secondary N) is 2. The molecule has 7 nitrogen and oxygen atoms in total. The van der Waals surface area contributed by atoms with Crippen LogP contribution in [0.1, 0.15) is 11.3 Å². The molecule has 5 aromatic rings. The van der Waals surface area contributed by atoms with E-state index in [4.69, 9.17) is 11.6 Å². The molecule has 148 valence electrons. The maximum absolute atomic E-state index is 13.2. The van der Waals surface area contributed by atoms with E-state index >= 15 is 0 Å². The van der Waals surface area contributed by atoms with Crippen LogP contribution in [0.4, 0.5) is 0 Å². The Hall–Kier alpha value is -3.71. The van der Waals surface area contributed by atoms with Crippen molar-refractivity contribution in [3.05, 3.63) is 91.8 Å². The normalized spacial score (nSPS) is 11.4. The first-order valence-corrected chi connectivity index (χ1v) is 9.70.